The quantitative estimate of drug-likeness (QED) is 0.0342. The van der Waals surface area contributed by atoms with E-state index in [-0.39, 0.29) is 42.3 Å². The first-order valence-electron chi connectivity index (χ1n) is 23.7. The van der Waals surface area contributed by atoms with Gasteiger partial charge < -0.3 is 49.8 Å². The molecule has 0 fully saturated rings. The van der Waals surface area contributed by atoms with Crippen LogP contribution in [0.4, 0.5) is 0 Å². The second-order valence-electron chi connectivity index (χ2n) is 14.8. The van der Waals surface area contributed by atoms with Crippen molar-refractivity contribution in [3.8, 4) is 0 Å². The smallest absolute Gasteiger partial charge is 0.0643 e. The van der Waals surface area contributed by atoms with Gasteiger partial charge in [-0.05, 0) is 37.1 Å². The van der Waals surface area contributed by atoms with Gasteiger partial charge in [-0.3, -0.25) is 9.59 Å². The molecular weight excluding hydrogens is 1010 g/mol. The van der Waals surface area contributed by atoms with E-state index in [1.807, 2.05) is 0 Å². The van der Waals surface area contributed by atoms with Crippen molar-refractivity contribution in [2.24, 2.45) is 0 Å². The van der Waals surface area contributed by atoms with Crippen LogP contribution >= 0.6 is 0 Å². The van der Waals surface area contributed by atoms with Crippen LogP contribution in [-0.2, 0) is 28.8 Å². The van der Waals surface area contributed by atoms with Gasteiger partial charge in [0.05, 0.1) is 23.9 Å². The molecule has 0 bridgehead atoms. The topological polar surface area (TPSA) is 235 Å². The van der Waals surface area contributed by atoms with Crippen molar-refractivity contribution < 1.29 is 59.4 Å². The van der Waals surface area contributed by atoms with Gasteiger partial charge in [-0.15, -0.1) is 0 Å². The molecule has 0 unspecified atom stereocenters. The predicted molar refractivity (Wildman–Crippen MR) is 248 cm³/mol. The summed E-state index contributed by atoms with van der Waals surface area (Å²) < 4.78 is 6.50. The average Bonchev–Trinajstić information content (AvgIpc) is 3.22. The first kappa shape index (κ1) is 71.5. The predicted octanol–water partition coefficient (Wildman–Crippen LogP) is 8.32. The Morgan fingerprint density at radius 3 is 0.661 bits per heavy atom. The van der Waals surface area contributed by atoms with E-state index in [9.17, 15) is 49.2 Å². The van der Waals surface area contributed by atoms with Crippen LogP contribution in [-0.4, -0.2) is 88.3 Å². The minimum Gasteiger partial charge on any atom is -0.545 e. The van der Waals surface area contributed by atoms with E-state index in [2.05, 4.69) is 41.5 Å². The van der Waals surface area contributed by atoms with Crippen LogP contribution < -0.4 is 20.4 Å². The van der Waals surface area contributed by atoms with E-state index in [0.29, 0.717) is 37.1 Å². The molecule has 0 saturated heterocycles. The molecule has 0 atom stereocenters. The summed E-state index contributed by atoms with van der Waals surface area (Å²) in [5.41, 5.74) is 0. The van der Waals surface area contributed by atoms with E-state index < -0.39 is 35.8 Å². The number of carbonyl (C=O) groups excluding carboxylic acids is 4. The molecule has 0 aliphatic heterocycles. The number of aliphatic carboxylic acids is 6. The van der Waals surface area contributed by atoms with E-state index >= 15 is 0 Å². The molecule has 0 amide bonds. The molecule has 0 saturated carbocycles. The van der Waals surface area contributed by atoms with Crippen LogP contribution in [0.25, 0.3) is 0 Å². The Morgan fingerprint density at radius 1 is 0.323 bits per heavy atom. The van der Waals surface area contributed by atoms with Gasteiger partial charge in [0.25, 0.3) is 0 Å². The molecule has 14 heteroatoms. The summed E-state index contributed by atoms with van der Waals surface area (Å²) in [6, 6.07) is 0. The molecule has 0 radical (unpaired) electrons. The zero-order valence-electron chi connectivity index (χ0n) is 39.9. The van der Waals surface area contributed by atoms with Gasteiger partial charge in [0.2, 0.25) is 0 Å². The molecule has 0 aliphatic carbocycles. The maximum Gasteiger partial charge on any atom is 0.0643 e. The number of unbranched alkanes of at least 4 members (excludes halogenated alkanes) is 20. The third-order valence-corrected chi connectivity index (χ3v) is 16.6. The molecule has 12 nitrogen and oxygen atoms in total. The van der Waals surface area contributed by atoms with Crippen molar-refractivity contribution in [2.45, 2.75) is 239 Å². The standard InChI is InChI=1S/2C12H24O2.2C4H4O4.4C4H9.2Sn/c2*1-2-3-4-5-6-7-8-9-10-11-12(13)14;2*5-3(6)1-2-4(7)8;4*1-3-4-2;;/h2*2-11H2,1H3,(H,13,14);2*1-2H,(H,5,6)(H,7,8);4*1,3-4H2,2H3;;/q;;;;;;;;2*+2/p-4/b;;2*2-1-;;;;;;. The number of hydrogen-bond donors (Lipinski definition) is 2. The summed E-state index contributed by atoms with van der Waals surface area (Å²) in [5, 5.41) is 54.5. The van der Waals surface area contributed by atoms with Gasteiger partial charge in [-0.2, -0.15) is 0 Å². The molecule has 0 aromatic carbocycles. The third kappa shape index (κ3) is 107. The summed E-state index contributed by atoms with van der Waals surface area (Å²) in [6.45, 7) is 13.6. The maximum atomic E-state index is 10.2. The molecule has 0 rings (SSSR count). The molecule has 2 N–H and O–H groups in total. The Morgan fingerprint density at radius 2 is 0.500 bits per heavy atom. The van der Waals surface area contributed by atoms with Crippen LogP contribution in [0.1, 0.15) is 221 Å². The van der Waals surface area contributed by atoms with Crippen LogP contribution in [0, 0.1) is 0 Å². The van der Waals surface area contributed by atoms with Crippen LogP contribution in [0.3, 0.4) is 0 Å². The van der Waals surface area contributed by atoms with Crippen LogP contribution in [0.15, 0.2) is 24.3 Å². The molecule has 0 aromatic rings. The second kappa shape index (κ2) is 68.0. The van der Waals surface area contributed by atoms with E-state index in [4.69, 9.17) is 10.2 Å². The van der Waals surface area contributed by atoms with E-state index in [1.165, 1.54) is 141 Å². The van der Waals surface area contributed by atoms with Crippen molar-refractivity contribution in [1.29, 1.82) is 0 Å². The van der Waals surface area contributed by atoms with Crippen LogP contribution in [0.2, 0.25) is 17.7 Å². The van der Waals surface area contributed by atoms with Gasteiger partial charge in [0.1, 0.15) is 0 Å². The summed E-state index contributed by atoms with van der Waals surface area (Å²) in [4.78, 5) is 58.1. The Hall–Kier alpha value is -2.10. The maximum absolute atomic E-state index is 10.2. The molecule has 0 aromatic heterocycles. The number of hydrogen-bond acceptors (Lipinski definition) is 10. The van der Waals surface area contributed by atoms with Crippen molar-refractivity contribution in [2.75, 3.05) is 0 Å². The summed E-state index contributed by atoms with van der Waals surface area (Å²) in [6.07, 6.45) is 36.2. The van der Waals surface area contributed by atoms with Crippen molar-refractivity contribution in [1.82, 2.24) is 0 Å². The van der Waals surface area contributed by atoms with Gasteiger partial charge in [0.15, 0.2) is 0 Å². The fourth-order valence-corrected chi connectivity index (χ4v) is 13.2. The number of carboxylic acid groups (broad SMARTS) is 6. The van der Waals surface area contributed by atoms with Gasteiger partial charge >= 0.3 is 151 Å². The Labute approximate surface area is 398 Å². The SMILES string of the molecule is CCCCCCCCCCCC(=O)O.CCCCCCCCCCCC(=O)O.CCC[CH2][Sn+2][CH2]CCC.CCC[CH2][Sn+2][CH2]CCC.O=C([O-])/C=C\C(=O)[O-].O=C([O-])/C=C\C(=O)[O-]. The average molecular weight is 1090 g/mol. The van der Waals surface area contributed by atoms with Crippen molar-refractivity contribution in [3.05, 3.63) is 24.3 Å². The van der Waals surface area contributed by atoms with Crippen molar-refractivity contribution >= 4 is 78.1 Å². The minimum absolute atomic E-state index is 0.149. The Balaban J connectivity index is -0.000000154. The fourth-order valence-electron chi connectivity index (χ4n) is 4.90. The molecule has 0 aliphatic rings. The monoisotopic (exact) mass is 1100 g/mol. The van der Waals surface area contributed by atoms with E-state index in [0.717, 1.165) is 25.7 Å². The zero-order valence-corrected chi connectivity index (χ0v) is 45.6. The summed E-state index contributed by atoms with van der Waals surface area (Å²) in [5.74, 6) is -7.51. The number of carbonyl (C=O) groups is 6. The molecule has 360 valence electrons. The Bertz CT molecular complexity index is 912. The van der Waals surface area contributed by atoms with Crippen LogP contribution in [0.5, 0.6) is 0 Å². The molecule has 62 heavy (non-hydrogen) atoms. The fraction of sp³-hybridized carbons (Fsp3) is 0.792. The number of carboxylic acids is 6. The third-order valence-electron chi connectivity index (χ3n) is 8.53. The summed E-state index contributed by atoms with van der Waals surface area (Å²) >= 11 is 0.299. The molecule has 0 heterocycles. The minimum atomic E-state index is -1.55. The van der Waals surface area contributed by atoms with Gasteiger partial charge in [-0.25, -0.2) is 0 Å². The number of rotatable bonds is 36. The summed E-state index contributed by atoms with van der Waals surface area (Å²) in [7, 11) is 0. The largest absolute Gasteiger partial charge is 0.545 e. The Kier molecular flexibility index (Phi) is 78.4. The molecule has 0 spiro atoms. The zero-order chi connectivity index (χ0) is 48.3. The van der Waals surface area contributed by atoms with Gasteiger partial charge in [-0.1, -0.05) is 117 Å². The van der Waals surface area contributed by atoms with Gasteiger partial charge in [0, 0.05) is 12.8 Å². The van der Waals surface area contributed by atoms with Crippen molar-refractivity contribution in [3.63, 3.8) is 0 Å². The first-order valence-corrected chi connectivity index (χ1v) is 31.7. The first-order chi connectivity index (χ1) is 29.6. The second-order valence-corrected chi connectivity index (χ2v) is 23.4. The van der Waals surface area contributed by atoms with E-state index in [1.54, 1.807) is 17.7 Å². The molecular formula is C48H88O12Sn2. The normalized spacial score (nSPS) is 9.77.